The van der Waals surface area contributed by atoms with Crippen molar-refractivity contribution in [3.63, 3.8) is 0 Å². The lowest BCUT2D eigenvalue weighted by Crippen LogP contribution is -2.38. The van der Waals surface area contributed by atoms with Crippen LogP contribution in [0.15, 0.2) is 36.9 Å². The molecule has 0 N–H and O–H groups in total. The Balaban J connectivity index is 3.18. The summed E-state index contributed by atoms with van der Waals surface area (Å²) >= 11 is 5.62. The van der Waals surface area contributed by atoms with Gasteiger partial charge in [0, 0.05) is 12.1 Å². The SMILES string of the molecule is C=CC(=O)N(C)C(c1ccc(Cl)cc1)C(F)(F)F. The number of halogens is 4. The Bertz CT molecular complexity index is 442. The second kappa shape index (κ2) is 5.44. The zero-order valence-corrected chi connectivity index (χ0v) is 10.3. The number of hydrogen-bond acceptors (Lipinski definition) is 1. The predicted octanol–water partition coefficient (Wildman–Crippen LogP) is 3.59. The highest BCUT2D eigenvalue weighted by atomic mass is 35.5. The molecule has 0 saturated heterocycles. The molecular formula is C12H11ClF3NO. The number of amides is 1. The van der Waals surface area contributed by atoms with Crippen molar-refractivity contribution in [1.29, 1.82) is 0 Å². The molecule has 1 rings (SSSR count). The van der Waals surface area contributed by atoms with Crippen molar-refractivity contribution in [1.82, 2.24) is 4.90 Å². The highest BCUT2D eigenvalue weighted by Gasteiger charge is 2.44. The van der Waals surface area contributed by atoms with Crippen LogP contribution in [0.25, 0.3) is 0 Å². The number of likely N-dealkylation sites (N-methyl/N-ethyl adjacent to an activating group) is 1. The molecule has 1 atom stereocenters. The highest BCUT2D eigenvalue weighted by molar-refractivity contribution is 6.30. The minimum absolute atomic E-state index is 0.0513. The average Bonchev–Trinajstić information content (AvgIpc) is 2.29. The minimum atomic E-state index is -4.57. The fraction of sp³-hybridized carbons (Fsp3) is 0.250. The lowest BCUT2D eigenvalue weighted by atomic mass is 10.1. The maximum Gasteiger partial charge on any atom is 0.413 e. The minimum Gasteiger partial charge on any atom is -0.326 e. The Morgan fingerprint density at radius 1 is 1.39 bits per heavy atom. The second-order valence-corrected chi connectivity index (χ2v) is 4.09. The number of nitrogens with zero attached hydrogens (tertiary/aromatic N) is 1. The van der Waals surface area contributed by atoms with Gasteiger partial charge in [-0.25, -0.2) is 0 Å². The molecule has 1 aromatic carbocycles. The Hall–Kier alpha value is -1.49. The van der Waals surface area contributed by atoms with Gasteiger partial charge in [-0.3, -0.25) is 4.79 Å². The molecule has 6 heteroatoms. The molecule has 0 saturated carbocycles. The van der Waals surface area contributed by atoms with Crippen LogP contribution in [0.5, 0.6) is 0 Å². The van der Waals surface area contributed by atoms with Gasteiger partial charge in [0.1, 0.15) is 0 Å². The summed E-state index contributed by atoms with van der Waals surface area (Å²) in [6.45, 7) is 3.17. The summed E-state index contributed by atoms with van der Waals surface area (Å²) in [5, 5.41) is 0.331. The summed E-state index contributed by atoms with van der Waals surface area (Å²) in [4.78, 5) is 11.9. The monoisotopic (exact) mass is 277 g/mol. The molecule has 1 aromatic rings. The summed E-state index contributed by atoms with van der Waals surface area (Å²) in [6.07, 6.45) is -3.73. The van der Waals surface area contributed by atoms with Crippen LogP contribution in [-0.4, -0.2) is 24.0 Å². The van der Waals surface area contributed by atoms with Gasteiger partial charge in [-0.2, -0.15) is 13.2 Å². The summed E-state index contributed by atoms with van der Waals surface area (Å²) in [6, 6.07) is 3.17. The van der Waals surface area contributed by atoms with E-state index in [0.29, 0.717) is 9.92 Å². The quantitative estimate of drug-likeness (QED) is 0.773. The number of hydrogen-bond donors (Lipinski definition) is 0. The van der Waals surface area contributed by atoms with Crippen molar-refractivity contribution >= 4 is 17.5 Å². The zero-order valence-electron chi connectivity index (χ0n) is 9.54. The predicted molar refractivity (Wildman–Crippen MR) is 63.2 cm³/mol. The standard InChI is InChI=1S/C12H11ClF3NO/c1-3-10(18)17(2)11(12(14,15)16)8-4-6-9(13)7-5-8/h3-7,11H,1H2,2H3. The van der Waals surface area contributed by atoms with Crippen LogP contribution >= 0.6 is 11.6 Å². The number of rotatable bonds is 3. The van der Waals surface area contributed by atoms with Crippen molar-refractivity contribution in [2.45, 2.75) is 12.2 Å². The molecule has 0 aliphatic rings. The molecule has 0 aliphatic carbocycles. The van der Waals surface area contributed by atoms with Crippen LogP contribution in [0.4, 0.5) is 13.2 Å². The maximum absolute atomic E-state index is 13.0. The number of benzene rings is 1. The van der Waals surface area contributed by atoms with Crippen LogP contribution in [0.1, 0.15) is 11.6 Å². The summed E-state index contributed by atoms with van der Waals surface area (Å²) < 4.78 is 39.0. The summed E-state index contributed by atoms with van der Waals surface area (Å²) in [5.74, 6) is -0.799. The molecular weight excluding hydrogens is 267 g/mol. The third-order valence-corrected chi connectivity index (χ3v) is 2.66. The fourth-order valence-electron chi connectivity index (χ4n) is 1.55. The Kier molecular flexibility index (Phi) is 4.40. The first-order chi connectivity index (χ1) is 8.27. The van der Waals surface area contributed by atoms with Gasteiger partial charge in [-0.05, 0) is 23.8 Å². The van der Waals surface area contributed by atoms with E-state index in [4.69, 9.17) is 11.6 Å². The molecule has 0 aliphatic heterocycles. The lowest BCUT2D eigenvalue weighted by molar-refractivity contribution is -0.186. The average molecular weight is 278 g/mol. The van der Waals surface area contributed by atoms with Crippen LogP contribution in [-0.2, 0) is 4.79 Å². The second-order valence-electron chi connectivity index (χ2n) is 3.65. The zero-order chi connectivity index (χ0) is 13.9. The maximum atomic E-state index is 13.0. The number of alkyl halides is 3. The van der Waals surface area contributed by atoms with E-state index in [1.54, 1.807) is 0 Å². The topological polar surface area (TPSA) is 20.3 Å². The van der Waals surface area contributed by atoms with Crippen LogP contribution in [0, 0.1) is 0 Å². The van der Waals surface area contributed by atoms with Crippen molar-refractivity contribution in [2.24, 2.45) is 0 Å². The van der Waals surface area contributed by atoms with Crippen molar-refractivity contribution in [3.05, 3.63) is 47.5 Å². The van der Waals surface area contributed by atoms with Crippen molar-refractivity contribution < 1.29 is 18.0 Å². The molecule has 0 heterocycles. The molecule has 0 spiro atoms. The normalized spacial score (nSPS) is 12.9. The Morgan fingerprint density at radius 2 is 1.89 bits per heavy atom. The lowest BCUT2D eigenvalue weighted by Gasteiger charge is -2.29. The fourth-order valence-corrected chi connectivity index (χ4v) is 1.67. The van der Waals surface area contributed by atoms with E-state index in [2.05, 4.69) is 6.58 Å². The molecule has 1 unspecified atom stereocenters. The Labute approximate surface area is 108 Å². The van der Waals surface area contributed by atoms with Crippen LogP contribution < -0.4 is 0 Å². The van der Waals surface area contributed by atoms with Crippen LogP contribution in [0.2, 0.25) is 5.02 Å². The molecule has 0 fully saturated rings. The van der Waals surface area contributed by atoms with E-state index in [1.165, 1.54) is 24.3 Å². The molecule has 0 radical (unpaired) electrons. The van der Waals surface area contributed by atoms with Gasteiger partial charge >= 0.3 is 6.18 Å². The molecule has 2 nitrogen and oxygen atoms in total. The van der Waals surface area contributed by atoms with Crippen LogP contribution in [0.3, 0.4) is 0 Å². The number of carbonyl (C=O) groups excluding carboxylic acids is 1. The molecule has 98 valence electrons. The molecule has 1 amide bonds. The van der Waals surface area contributed by atoms with Gasteiger partial charge in [0.25, 0.3) is 0 Å². The van der Waals surface area contributed by atoms with Gasteiger partial charge in [0.2, 0.25) is 5.91 Å². The first-order valence-corrected chi connectivity index (χ1v) is 5.36. The van der Waals surface area contributed by atoms with E-state index in [9.17, 15) is 18.0 Å². The van der Waals surface area contributed by atoms with Gasteiger partial charge in [0.15, 0.2) is 6.04 Å². The smallest absolute Gasteiger partial charge is 0.326 e. The third-order valence-electron chi connectivity index (χ3n) is 2.41. The molecule has 0 aromatic heterocycles. The summed E-state index contributed by atoms with van der Waals surface area (Å²) in [5.41, 5.74) is -0.0513. The van der Waals surface area contributed by atoms with E-state index in [1.807, 2.05) is 0 Å². The number of carbonyl (C=O) groups is 1. The van der Waals surface area contributed by atoms with Gasteiger partial charge in [-0.15, -0.1) is 0 Å². The summed E-state index contributed by atoms with van der Waals surface area (Å²) in [7, 11) is 1.08. The van der Waals surface area contributed by atoms with E-state index >= 15 is 0 Å². The van der Waals surface area contributed by atoms with E-state index in [0.717, 1.165) is 13.1 Å². The van der Waals surface area contributed by atoms with Gasteiger partial charge < -0.3 is 4.90 Å². The van der Waals surface area contributed by atoms with E-state index < -0.39 is 18.1 Å². The largest absolute Gasteiger partial charge is 0.413 e. The van der Waals surface area contributed by atoms with Crippen molar-refractivity contribution in [3.8, 4) is 0 Å². The molecule has 18 heavy (non-hydrogen) atoms. The van der Waals surface area contributed by atoms with Crippen molar-refractivity contribution in [2.75, 3.05) is 7.05 Å². The third kappa shape index (κ3) is 3.26. The van der Waals surface area contributed by atoms with Gasteiger partial charge in [0.05, 0.1) is 0 Å². The highest BCUT2D eigenvalue weighted by Crippen LogP contribution is 2.37. The van der Waals surface area contributed by atoms with Gasteiger partial charge in [-0.1, -0.05) is 30.3 Å². The first-order valence-electron chi connectivity index (χ1n) is 4.98. The van der Waals surface area contributed by atoms with E-state index in [-0.39, 0.29) is 5.56 Å². The Morgan fingerprint density at radius 3 is 2.28 bits per heavy atom. The first kappa shape index (κ1) is 14.6. The molecule has 0 bridgehead atoms.